The summed E-state index contributed by atoms with van der Waals surface area (Å²) in [7, 11) is -1.28. The van der Waals surface area contributed by atoms with Gasteiger partial charge in [0.25, 0.3) is 0 Å². The Bertz CT molecular complexity index is 809. The molecule has 0 N–H and O–H groups in total. The molecule has 0 aliphatic heterocycles. The van der Waals surface area contributed by atoms with Gasteiger partial charge in [-0.3, -0.25) is 0 Å². The fraction of sp³-hybridized carbons (Fsp3) is 0.235. The molecule has 0 saturated carbocycles. The van der Waals surface area contributed by atoms with Crippen molar-refractivity contribution in [1.82, 2.24) is 8.96 Å². The number of halogens is 1. The van der Waals surface area contributed by atoms with Crippen molar-refractivity contribution in [1.29, 1.82) is 0 Å². The van der Waals surface area contributed by atoms with Crippen LogP contribution >= 0.6 is 15.9 Å². The predicted molar refractivity (Wildman–Crippen MR) is 96.5 cm³/mol. The van der Waals surface area contributed by atoms with Gasteiger partial charge in [0.05, 0.1) is 4.90 Å². The molecular weight excluding hydrogens is 360 g/mol. The van der Waals surface area contributed by atoms with Crippen LogP contribution < -0.4 is 0 Å². The van der Waals surface area contributed by atoms with Gasteiger partial charge in [-0.1, -0.05) is 31.5 Å². The molecule has 0 bridgehead atoms. The van der Waals surface area contributed by atoms with E-state index in [1.54, 1.807) is 10.2 Å². The predicted octanol–water partition coefficient (Wildman–Crippen LogP) is 5.01. The van der Waals surface area contributed by atoms with Gasteiger partial charge in [0.1, 0.15) is 0 Å². The smallest absolute Gasteiger partial charge is 0.158 e. The van der Waals surface area contributed by atoms with Crippen LogP contribution in [0.5, 0.6) is 0 Å². The number of hydrogen-bond donors (Lipinski definition) is 0. The van der Waals surface area contributed by atoms with E-state index < -0.39 is 11.0 Å². The molecule has 3 nitrogen and oxygen atoms in total. The molecule has 2 heterocycles. The van der Waals surface area contributed by atoms with Gasteiger partial charge < -0.3 is 0 Å². The Kier molecular flexibility index (Phi) is 5.53. The van der Waals surface area contributed by atoms with Gasteiger partial charge in [-0.2, -0.15) is 0 Å². The van der Waals surface area contributed by atoms with Crippen LogP contribution in [0.15, 0.2) is 52.1 Å². The lowest BCUT2D eigenvalue weighted by Gasteiger charge is -2.05. The summed E-state index contributed by atoms with van der Waals surface area (Å²) in [6.07, 6.45) is 3.62. The van der Waals surface area contributed by atoms with E-state index in [0.29, 0.717) is 0 Å². The molecule has 0 saturated heterocycles. The summed E-state index contributed by atoms with van der Waals surface area (Å²) in [5.41, 5.74) is 2.96. The van der Waals surface area contributed by atoms with E-state index in [4.69, 9.17) is 0 Å². The van der Waals surface area contributed by atoms with E-state index in [2.05, 4.69) is 20.9 Å². The van der Waals surface area contributed by atoms with E-state index in [9.17, 15) is 4.21 Å². The molecule has 0 amide bonds. The van der Waals surface area contributed by atoms with Gasteiger partial charge in [-0.05, 0) is 53.5 Å². The van der Waals surface area contributed by atoms with Crippen LogP contribution in [-0.4, -0.2) is 13.2 Å². The molecule has 0 fully saturated rings. The van der Waals surface area contributed by atoms with E-state index in [0.717, 1.165) is 31.5 Å². The molecule has 0 aliphatic rings. The Hall–Kier alpha value is -1.46. The van der Waals surface area contributed by atoms with Crippen LogP contribution in [0.4, 0.5) is 0 Å². The number of benzene rings is 1. The lowest BCUT2D eigenvalue weighted by atomic mass is 10.2. The monoisotopic (exact) mass is 378 g/mol. The zero-order chi connectivity index (χ0) is 16.3. The van der Waals surface area contributed by atoms with Gasteiger partial charge in [0, 0.05) is 22.3 Å². The minimum Gasteiger partial charge on any atom is -0.246 e. The Morgan fingerprint density at radius 3 is 2.41 bits per heavy atom. The van der Waals surface area contributed by atoms with Crippen molar-refractivity contribution >= 4 is 37.9 Å². The molecule has 0 radical (unpaired) electrons. The van der Waals surface area contributed by atoms with E-state index in [1.807, 2.05) is 64.2 Å². The van der Waals surface area contributed by atoms with Crippen LogP contribution in [0.25, 0.3) is 11.0 Å². The number of aromatic nitrogens is 2. The first kappa shape index (κ1) is 16.9. The van der Waals surface area contributed by atoms with Crippen molar-refractivity contribution in [2.45, 2.75) is 32.6 Å². The van der Waals surface area contributed by atoms with Crippen LogP contribution in [0.3, 0.4) is 0 Å². The number of pyridine rings is 1. The van der Waals surface area contributed by atoms with Gasteiger partial charge in [-0.25, -0.2) is 13.2 Å². The second-order valence-electron chi connectivity index (χ2n) is 4.72. The lowest BCUT2D eigenvalue weighted by Crippen LogP contribution is -2.04. The summed E-state index contributed by atoms with van der Waals surface area (Å²) in [4.78, 5) is 5.16. The highest BCUT2D eigenvalue weighted by Crippen LogP contribution is 2.24. The Morgan fingerprint density at radius 1 is 1.14 bits per heavy atom. The lowest BCUT2D eigenvalue weighted by molar-refractivity contribution is 0.678. The molecule has 1 aromatic carbocycles. The molecule has 3 aromatic rings. The summed E-state index contributed by atoms with van der Waals surface area (Å²) in [5.74, 6) is 0. The Morgan fingerprint density at radius 2 is 1.77 bits per heavy atom. The van der Waals surface area contributed by atoms with Crippen LogP contribution in [0, 0.1) is 13.8 Å². The first-order valence-corrected chi connectivity index (χ1v) is 9.08. The van der Waals surface area contributed by atoms with Crippen molar-refractivity contribution in [3.8, 4) is 0 Å². The number of fused-ring (bicyclic) bond motifs is 1. The number of rotatable bonds is 2. The zero-order valence-corrected chi connectivity index (χ0v) is 15.5. The van der Waals surface area contributed by atoms with Crippen LogP contribution in [-0.2, 0) is 11.0 Å². The van der Waals surface area contributed by atoms with Gasteiger partial charge in [0.15, 0.2) is 16.6 Å². The molecule has 116 valence electrons. The molecule has 3 rings (SSSR count). The van der Waals surface area contributed by atoms with Gasteiger partial charge >= 0.3 is 0 Å². The maximum atomic E-state index is 12.7. The summed E-state index contributed by atoms with van der Waals surface area (Å²) < 4.78 is 15.3. The Balaban J connectivity index is 0.000000847. The first-order valence-electron chi connectivity index (χ1n) is 7.18. The summed E-state index contributed by atoms with van der Waals surface area (Å²) in [6.45, 7) is 8.01. The molecule has 22 heavy (non-hydrogen) atoms. The van der Waals surface area contributed by atoms with E-state index >= 15 is 0 Å². The molecule has 0 spiro atoms. The maximum absolute atomic E-state index is 12.7. The fourth-order valence-electron chi connectivity index (χ4n) is 2.10. The third kappa shape index (κ3) is 3.31. The second-order valence-corrected chi connectivity index (χ2v) is 7.00. The van der Waals surface area contributed by atoms with Crippen molar-refractivity contribution in [3.63, 3.8) is 0 Å². The number of hydrogen-bond acceptors (Lipinski definition) is 2. The molecule has 1 atom stereocenters. The number of nitrogens with zero attached hydrogens (tertiary/aromatic N) is 2. The van der Waals surface area contributed by atoms with Gasteiger partial charge in [0.2, 0.25) is 0 Å². The topological polar surface area (TPSA) is 34.9 Å². The van der Waals surface area contributed by atoms with Crippen LogP contribution in [0.1, 0.15) is 25.0 Å². The third-order valence-corrected chi connectivity index (χ3v) is 4.92. The molecule has 1 unspecified atom stereocenters. The van der Waals surface area contributed by atoms with E-state index in [-0.39, 0.29) is 0 Å². The summed E-state index contributed by atoms with van der Waals surface area (Å²) in [6, 6.07) is 9.73. The Labute approximate surface area is 142 Å². The van der Waals surface area contributed by atoms with Crippen molar-refractivity contribution in [3.05, 3.63) is 58.3 Å². The van der Waals surface area contributed by atoms with E-state index in [1.165, 1.54) is 0 Å². The van der Waals surface area contributed by atoms with Crippen molar-refractivity contribution in [2.75, 3.05) is 0 Å². The van der Waals surface area contributed by atoms with Gasteiger partial charge in [-0.15, -0.1) is 0 Å². The standard InChI is InChI=1S/C15H13BrN2OS.C2H6/c1-10-3-5-13(6-4-10)20(19)18-9-11(2)14-7-12(16)8-17-15(14)18;1-2/h3-9H,1-2H3;1-2H3. The minimum atomic E-state index is -1.28. The highest BCUT2D eigenvalue weighted by Gasteiger charge is 2.13. The van der Waals surface area contributed by atoms with Crippen LogP contribution in [0.2, 0.25) is 0 Å². The number of aryl methyl sites for hydroxylation is 2. The normalized spacial score (nSPS) is 11.9. The summed E-state index contributed by atoms with van der Waals surface area (Å²) >= 11 is 3.42. The summed E-state index contributed by atoms with van der Waals surface area (Å²) in [5, 5.41) is 1.01. The molecule has 0 aliphatic carbocycles. The zero-order valence-electron chi connectivity index (χ0n) is 13.1. The molecule has 5 heteroatoms. The quantitative estimate of drug-likeness (QED) is 0.627. The largest absolute Gasteiger partial charge is 0.246 e. The highest BCUT2D eigenvalue weighted by molar-refractivity contribution is 9.10. The average Bonchev–Trinajstić information content (AvgIpc) is 2.86. The SMILES string of the molecule is CC.Cc1ccc(S(=O)n2cc(C)c3cc(Br)cnc32)cc1. The molecular formula is C17H19BrN2OS. The van der Waals surface area contributed by atoms with Crippen molar-refractivity contribution in [2.24, 2.45) is 0 Å². The highest BCUT2D eigenvalue weighted by atomic mass is 79.9. The second kappa shape index (κ2) is 7.20. The fourth-order valence-corrected chi connectivity index (χ4v) is 3.58. The molecule has 2 aromatic heterocycles. The maximum Gasteiger partial charge on any atom is 0.158 e. The minimum absolute atomic E-state index is 0.740. The van der Waals surface area contributed by atoms with Crippen molar-refractivity contribution < 1.29 is 4.21 Å². The third-order valence-electron chi connectivity index (χ3n) is 3.18. The first-order chi connectivity index (χ1) is 10.6. The average molecular weight is 379 g/mol.